The summed E-state index contributed by atoms with van der Waals surface area (Å²) in [5, 5.41) is 23.5. The molecule has 8 heteroatoms. The van der Waals surface area contributed by atoms with Crippen LogP contribution < -0.4 is 10.6 Å². The lowest BCUT2D eigenvalue weighted by atomic mass is 9.99. The molecule has 2 amide bonds. The molecular weight excluding hydrogens is 284 g/mol. The first kappa shape index (κ1) is 18.7. The van der Waals surface area contributed by atoms with Crippen molar-refractivity contribution in [2.24, 2.45) is 5.92 Å². The predicted octanol–water partition coefficient (Wildman–Crippen LogP) is -0.560. The Balaban J connectivity index is 4.77. The minimum atomic E-state index is -1.40. The standard InChI is InChI=1S/C12H22N2O5S/c1-7(2)10(16)9(12(18)19)14-11(17)8(13-6-15)4-5-20-3/h6-10,16H,4-5H2,1-3H3,(H,13,15)(H,14,17)(H,18,19)/t8-,9-,10+/m0/s1. The number of aliphatic carboxylic acids is 1. The van der Waals surface area contributed by atoms with Crippen molar-refractivity contribution in [3.8, 4) is 0 Å². The fraction of sp³-hybridized carbons (Fsp3) is 0.750. The SMILES string of the molecule is CSCC[C@H](NC=O)C(=O)N[C@H](C(=O)O)[C@H](O)C(C)C. The smallest absolute Gasteiger partial charge is 0.328 e. The maximum Gasteiger partial charge on any atom is 0.328 e. The lowest BCUT2D eigenvalue weighted by Crippen LogP contribution is -2.55. The summed E-state index contributed by atoms with van der Waals surface area (Å²) in [4.78, 5) is 33.6. The summed E-state index contributed by atoms with van der Waals surface area (Å²) in [6, 6.07) is -2.20. The monoisotopic (exact) mass is 306 g/mol. The van der Waals surface area contributed by atoms with Crippen molar-refractivity contribution in [2.75, 3.05) is 12.0 Å². The van der Waals surface area contributed by atoms with E-state index in [0.29, 0.717) is 18.6 Å². The van der Waals surface area contributed by atoms with Crippen LogP contribution in [-0.2, 0) is 14.4 Å². The fourth-order valence-electron chi connectivity index (χ4n) is 1.54. The number of carbonyl (C=O) groups is 3. The Hall–Kier alpha value is -1.28. The van der Waals surface area contributed by atoms with Crippen LogP contribution in [-0.4, -0.2) is 58.7 Å². The van der Waals surface area contributed by atoms with E-state index in [2.05, 4.69) is 10.6 Å². The van der Waals surface area contributed by atoms with Gasteiger partial charge < -0.3 is 20.8 Å². The van der Waals surface area contributed by atoms with Crippen molar-refractivity contribution in [1.29, 1.82) is 0 Å². The van der Waals surface area contributed by atoms with E-state index in [1.807, 2.05) is 6.26 Å². The first-order valence-electron chi connectivity index (χ1n) is 6.25. The van der Waals surface area contributed by atoms with Gasteiger partial charge in [-0.25, -0.2) is 4.79 Å². The van der Waals surface area contributed by atoms with E-state index in [1.54, 1.807) is 13.8 Å². The molecule has 0 aliphatic rings. The number of carbonyl (C=O) groups excluding carboxylic acids is 2. The van der Waals surface area contributed by atoms with E-state index in [9.17, 15) is 19.5 Å². The normalized spacial score (nSPS) is 15.2. The molecule has 0 unspecified atom stereocenters. The minimum Gasteiger partial charge on any atom is -0.480 e. The van der Waals surface area contributed by atoms with Crippen molar-refractivity contribution in [3.05, 3.63) is 0 Å². The number of amides is 2. The van der Waals surface area contributed by atoms with E-state index in [4.69, 9.17) is 5.11 Å². The van der Waals surface area contributed by atoms with Crippen LogP contribution in [0.2, 0.25) is 0 Å². The highest BCUT2D eigenvalue weighted by Gasteiger charge is 2.32. The molecule has 0 aliphatic heterocycles. The molecule has 7 nitrogen and oxygen atoms in total. The number of hydrogen-bond donors (Lipinski definition) is 4. The van der Waals surface area contributed by atoms with E-state index in [-0.39, 0.29) is 5.92 Å². The first-order chi connectivity index (χ1) is 9.34. The zero-order valence-electron chi connectivity index (χ0n) is 11.8. The summed E-state index contributed by atoms with van der Waals surface area (Å²) in [6.07, 6.45) is 1.45. The van der Waals surface area contributed by atoms with Crippen LogP contribution in [0.25, 0.3) is 0 Å². The Bertz CT molecular complexity index is 338. The number of nitrogens with one attached hydrogen (secondary N) is 2. The van der Waals surface area contributed by atoms with Crippen LogP contribution >= 0.6 is 11.8 Å². The molecule has 0 aromatic carbocycles. The van der Waals surface area contributed by atoms with Crippen LogP contribution in [0, 0.1) is 5.92 Å². The Labute approximate surface area is 122 Å². The highest BCUT2D eigenvalue weighted by Crippen LogP contribution is 2.08. The number of carboxylic acids is 1. The van der Waals surface area contributed by atoms with Crippen LogP contribution in [0.1, 0.15) is 20.3 Å². The third kappa shape index (κ3) is 6.25. The molecule has 0 radical (unpaired) electrons. The second-order valence-corrected chi connectivity index (χ2v) is 5.66. The molecule has 0 fully saturated rings. The van der Waals surface area contributed by atoms with Crippen molar-refractivity contribution in [1.82, 2.24) is 10.6 Å². The van der Waals surface area contributed by atoms with E-state index < -0.39 is 30.1 Å². The van der Waals surface area contributed by atoms with Crippen LogP contribution in [0.3, 0.4) is 0 Å². The number of aliphatic hydroxyl groups excluding tert-OH is 1. The maximum absolute atomic E-state index is 12.0. The zero-order valence-corrected chi connectivity index (χ0v) is 12.6. The van der Waals surface area contributed by atoms with Gasteiger partial charge in [0.25, 0.3) is 0 Å². The molecule has 0 aromatic rings. The van der Waals surface area contributed by atoms with Gasteiger partial charge in [0.15, 0.2) is 6.04 Å². The minimum absolute atomic E-state index is 0.319. The van der Waals surface area contributed by atoms with Gasteiger partial charge in [0, 0.05) is 0 Å². The van der Waals surface area contributed by atoms with Gasteiger partial charge in [0.05, 0.1) is 6.10 Å². The van der Waals surface area contributed by atoms with Gasteiger partial charge in [-0.3, -0.25) is 9.59 Å². The van der Waals surface area contributed by atoms with Crippen LogP contribution in [0.4, 0.5) is 0 Å². The lowest BCUT2D eigenvalue weighted by molar-refractivity contribution is -0.146. The second kappa shape index (κ2) is 9.60. The summed E-state index contributed by atoms with van der Waals surface area (Å²) in [5.41, 5.74) is 0. The quantitative estimate of drug-likeness (QED) is 0.402. The molecule has 0 rings (SSSR count). The number of carboxylic acid groups (broad SMARTS) is 1. The summed E-state index contributed by atoms with van der Waals surface area (Å²) in [5.74, 6) is -1.60. The highest BCUT2D eigenvalue weighted by atomic mass is 32.2. The lowest BCUT2D eigenvalue weighted by Gasteiger charge is -2.25. The summed E-state index contributed by atoms with van der Waals surface area (Å²) >= 11 is 1.51. The topological polar surface area (TPSA) is 116 Å². The number of aliphatic hydroxyl groups is 1. The van der Waals surface area contributed by atoms with Gasteiger partial charge in [-0.1, -0.05) is 13.8 Å². The molecule has 0 bridgehead atoms. The molecule has 0 spiro atoms. The van der Waals surface area contributed by atoms with E-state index >= 15 is 0 Å². The average molecular weight is 306 g/mol. The molecule has 3 atom stereocenters. The molecule has 20 heavy (non-hydrogen) atoms. The second-order valence-electron chi connectivity index (χ2n) is 4.68. The van der Waals surface area contributed by atoms with Crippen molar-refractivity contribution < 1.29 is 24.6 Å². The van der Waals surface area contributed by atoms with Crippen molar-refractivity contribution >= 4 is 30.0 Å². The molecule has 0 heterocycles. The zero-order chi connectivity index (χ0) is 15.7. The molecule has 0 aliphatic carbocycles. The van der Waals surface area contributed by atoms with Gasteiger partial charge in [-0.15, -0.1) is 0 Å². The average Bonchev–Trinajstić information content (AvgIpc) is 2.39. The van der Waals surface area contributed by atoms with Crippen LogP contribution in [0.15, 0.2) is 0 Å². The highest BCUT2D eigenvalue weighted by molar-refractivity contribution is 7.98. The molecule has 0 saturated heterocycles. The van der Waals surface area contributed by atoms with Gasteiger partial charge in [0.2, 0.25) is 12.3 Å². The molecular formula is C12H22N2O5S. The van der Waals surface area contributed by atoms with Crippen molar-refractivity contribution in [2.45, 2.75) is 38.5 Å². The van der Waals surface area contributed by atoms with Gasteiger partial charge in [-0.2, -0.15) is 11.8 Å². The number of rotatable bonds is 10. The maximum atomic E-state index is 12.0. The molecule has 4 N–H and O–H groups in total. The van der Waals surface area contributed by atoms with E-state index in [1.165, 1.54) is 11.8 Å². The predicted molar refractivity (Wildman–Crippen MR) is 76.4 cm³/mol. The molecule has 0 saturated carbocycles. The largest absolute Gasteiger partial charge is 0.480 e. The van der Waals surface area contributed by atoms with Gasteiger partial charge in [-0.05, 0) is 24.3 Å². The third-order valence-corrected chi connectivity index (χ3v) is 3.43. The fourth-order valence-corrected chi connectivity index (χ4v) is 2.01. The third-order valence-electron chi connectivity index (χ3n) is 2.78. The van der Waals surface area contributed by atoms with Gasteiger partial charge >= 0.3 is 5.97 Å². The summed E-state index contributed by atoms with van der Waals surface area (Å²) in [6.45, 7) is 3.31. The Kier molecular flexibility index (Phi) is 8.98. The summed E-state index contributed by atoms with van der Waals surface area (Å²) in [7, 11) is 0. The molecule has 0 aromatic heterocycles. The Morgan fingerprint density at radius 2 is 1.95 bits per heavy atom. The summed E-state index contributed by atoms with van der Waals surface area (Å²) < 4.78 is 0. The number of thioether (sulfide) groups is 1. The van der Waals surface area contributed by atoms with Gasteiger partial charge in [0.1, 0.15) is 6.04 Å². The van der Waals surface area contributed by atoms with E-state index in [0.717, 1.165) is 0 Å². The number of hydrogen-bond acceptors (Lipinski definition) is 5. The first-order valence-corrected chi connectivity index (χ1v) is 7.64. The Morgan fingerprint density at radius 3 is 2.35 bits per heavy atom. The molecule has 116 valence electrons. The Morgan fingerprint density at radius 1 is 1.35 bits per heavy atom. The van der Waals surface area contributed by atoms with Crippen molar-refractivity contribution in [3.63, 3.8) is 0 Å². The van der Waals surface area contributed by atoms with Crippen LogP contribution in [0.5, 0.6) is 0 Å².